The predicted molar refractivity (Wildman–Crippen MR) is 75.5 cm³/mol. The van der Waals surface area contributed by atoms with Gasteiger partial charge in [0.1, 0.15) is 0 Å². The van der Waals surface area contributed by atoms with Crippen molar-refractivity contribution in [1.82, 2.24) is 10.6 Å². The quantitative estimate of drug-likeness (QED) is 0.735. The van der Waals surface area contributed by atoms with E-state index in [1.54, 1.807) is 0 Å². The molecule has 0 bridgehead atoms. The van der Waals surface area contributed by atoms with Gasteiger partial charge in [0, 0.05) is 17.3 Å². The number of thioether (sulfide) groups is 1. The van der Waals surface area contributed by atoms with Gasteiger partial charge >= 0.3 is 0 Å². The van der Waals surface area contributed by atoms with Crippen LogP contribution >= 0.6 is 11.8 Å². The summed E-state index contributed by atoms with van der Waals surface area (Å²) in [6.45, 7) is 7.88. The molecule has 1 aliphatic heterocycles. The Balaban J connectivity index is 2.11. The molecular weight excluding hydrogens is 232 g/mol. The normalized spacial score (nSPS) is 25.8. The van der Waals surface area contributed by atoms with Crippen LogP contribution in [0.4, 0.5) is 0 Å². The van der Waals surface area contributed by atoms with Crippen LogP contribution in [0.3, 0.4) is 0 Å². The smallest absolute Gasteiger partial charge is 0.234 e. The Hall–Kier alpha value is -0.220. The van der Waals surface area contributed by atoms with Gasteiger partial charge < -0.3 is 10.6 Å². The maximum atomic E-state index is 11.6. The fraction of sp³-hybridized carbons (Fsp3) is 0.923. The molecule has 17 heavy (non-hydrogen) atoms. The van der Waals surface area contributed by atoms with Crippen LogP contribution in [0.1, 0.15) is 46.5 Å². The number of hydrogen-bond donors (Lipinski definition) is 2. The lowest BCUT2D eigenvalue weighted by atomic mass is 10.1. The molecule has 2 atom stereocenters. The highest BCUT2D eigenvalue weighted by Crippen LogP contribution is 2.36. The zero-order valence-corrected chi connectivity index (χ0v) is 12.2. The van der Waals surface area contributed by atoms with Crippen LogP contribution in [0.15, 0.2) is 0 Å². The van der Waals surface area contributed by atoms with E-state index in [-0.39, 0.29) is 5.91 Å². The van der Waals surface area contributed by atoms with Gasteiger partial charge in [-0.15, -0.1) is 0 Å². The molecule has 0 aliphatic carbocycles. The fourth-order valence-corrected chi connectivity index (χ4v) is 3.52. The van der Waals surface area contributed by atoms with Crippen LogP contribution in [0.25, 0.3) is 0 Å². The summed E-state index contributed by atoms with van der Waals surface area (Å²) in [6.07, 6.45) is 4.74. The third-order valence-electron chi connectivity index (χ3n) is 3.21. The van der Waals surface area contributed by atoms with E-state index in [0.717, 1.165) is 19.4 Å². The lowest BCUT2D eigenvalue weighted by Gasteiger charge is -2.23. The molecule has 2 unspecified atom stereocenters. The first kappa shape index (κ1) is 14.8. The number of rotatable bonds is 7. The summed E-state index contributed by atoms with van der Waals surface area (Å²) in [7, 11) is 0. The largest absolute Gasteiger partial charge is 0.353 e. The number of amides is 1. The first-order valence-corrected chi connectivity index (χ1v) is 7.68. The number of carbonyl (C=O) groups excluding carboxylic acids is 1. The highest BCUT2D eigenvalue weighted by Gasteiger charge is 2.28. The maximum absolute atomic E-state index is 11.6. The van der Waals surface area contributed by atoms with E-state index in [4.69, 9.17) is 0 Å². The van der Waals surface area contributed by atoms with E-state index < -0.39 is 0 Å². The van der Waals surface area contributed by atoms with Crippen molar-refractivity contribution in [2.45, 2.75) is 57.2 Å². The minimum absolute atomic E-state index is 0.123. The van der Waals surface area contributed by atoms with Gasteiger partial charge in [0.2, 0.25) is 5.91 Å². The highest BCUT2D eigenvalue weighted by molar-refractivity contribution is 8.00. The molecule has 0 aromatic rings. The Morgan fingerprint density at radius 3 is 2.88 bits per heavy atom. The van der Waals surface area contributed by atoms with Crippen LogP contribution in [0, 0.1) is 0 Å². The Morgan fingerprint density at radius 1 is 1.53 bits per heavy atom. The van der Waals surface area contributed by atoms with Crippen molar-refractivity contribution >= 4 is 17.7 Å². The summed E-state index contributed by atoms with van der Waals surface area (Å²) in [5, 5.41) is 6.29. The molecule has 100 valence electrons. The molecule has 1 rings (SSSR count). The third-order valence-corrected chi connectivity index (χ3v) is 4.75. The van der Waals surface area contributed by atoms with Crippen molar-refractivity contribution in [2.24, 2.45) is 0 Å². The van der Waals surface area contributed by atoms with Gasteiger partial charge in [0.05, 0.1) is 6.54 Å². The summed E-state index contributed by atoms with van der Waals surface area (Å²) < 4.78 is 0.343. The lowest BCUT2D eigenvalue weighted by Crippen LogP contribution is -2.42. The number of carbonyl (C=O) groups is 1. The van der Waals surface area contributed by atoms with Crippen LogP contribution in [0.2, 0.25) is 0 Å². The zero-order valence-electron chi connectivity index (χ0n) is 11.3. The topological polar surface area (TPSA) is 41.1 Å². The van der Waals surface area contributed by atoms with Crippen molar-refractivity contribution in [2.75, 3.05) is 18.8 Å². The number of hydrogen-bond acceptors (Lipinski definition) is 3. The monoisotopic (exact) mass is 258 g/mol. The van der Waals surface area contributed by atoms with Crippen molar-refractivity contribution in [3.05, 3.63) is 0 Å². The Kier molecular flexibility index (Phi) is 6.34. The Labute approximate surface area is 109 Å². The van der Waals surface area contributed by atoms with E-state index in [1.807, 2.05) is 11.8 Å². The minimum Gasteiger partial charge on any atom is -0.353 e. The summed E-state index contributed by atoms with van der Waals surface area (Å²) in [6, 6.07) is 0.297. The van der Waals surface area contributed by atoms with Gasteiger partial charge in [-0.05, 0) is 38.9 Å². The van der Waals surface area contributed by atoms with Crippen LogP contribution in [-0.4, -0.2) is 35.5 Å². The van der Waals surface area contributed by atoms with Crippen LogP contribution in [0.5, 0.6) is 0 Å². The Bertz CT molecular complexity index is 240. The van der Waals surface area contributed by atoms with Crippen molar-refractivity contribution in [1.29, 1.82) is 0 Å². The maximum Gasteiger partial charge on any atom is 0.234 e. The molecule has 0 aromatic carbocycles. The molecule has 0 saturated carbocycles. The van der Waals surface area contributed by atoms with E-state index in [2.05, 4.69) is 31.4 Å². The second kappa shape index (κ2) is 7.27. The van der Waals surface area contributed by atoms with E-state index >= 15 is 0 Å². The zero-order chi connectivity index (χ0) is 12.7. The molecule has 1 saturated heterocycles. The average Bonchev–Trinajstić information content (AvgIpc) is 2.65. The first-order valence-electron chi connectivity index (χ1n) is 6.70. The lowest BCUT2D eigenvalue weighted by molar-refractivity contribution is -0.120. The molecule has 1 fully saturated rings. The average molecular weight is 258 g/mol. The van der Waals surface area contributed by atoms with Crippen molar-refractivity contribution in [3.8, 4) is 0 Å². The highest BCUT2D eigenvalue weighted by atomic mass is 32.2. The molecule has 0 spiro atoms. The van der Waals surface area contributed by atoms with E-state index in [0.29, 0.717) is 17.3 Å². The molecule has 1 heterocycles. The Morgan fingerprint density at radius 2 is 2.29 bits per heavy atom. The molecule has 1 amide bonds. The van der Waals surface area contributed by atoms with Crippen LogP contribution in [-0.2, 0) is 4.79 Å². The molecular formula is C13H26N2OS. The third kappa shape index (κ3) is 5.77. The van der Waals surface area contributed by atoms with Crippen molar-refractivity contribution in [3.63, 3.8) is 0 Å². The molecule has 0 aromatic heterocycles. The molecule has 2 N–H and O–H groups in total. The van der Waals surface area contributed by atoms with E-state index in [1.165, 1.54) is 18.6 Å². The van der Waals surface area contributed by atoms with Crippen LogP contribution < -0.4 is 10.6 Å². The molecule has 1 aliphatic rings. The predicted octanol–water partition coefficient (Wildman–Crippen LogP) is 2.17. The standard InChI is InChI=1S/C13H26N2OS/c1-4-6-11(2)15-12(16)9-14-10-13(3)7-5-8-17-13/h11,14H,4-10H2,1-3H3,(H,15,16). The summed E-state index contributed by atoms with van der Waals surface area (Å²) in [5.41, 5.74) is 0. The van der Waals surface area contributed by atoms with Crippen molar-refractivity contribution < 1.29 is 4.79 Å². The minimum atomic E-state index is 0.123. The molecule has 3 nitrogen and oxygen atoms in total. The summed E-state index contributed by atoms with van der Waals surface area (Å²) in [5.74, 6) is 1.38. The van der Waals surface area contributed by atoms with E-state index in [9.17, 15) is 4.79 Å². The summed E-state index contributed by atoms with van der Waals surface area (Å²) >= 11 is 2.02. The molecule has 0 radical (unpaired) electrons. The first-order chi connectivity index (χ1) is 8.06. The SMILES string of the molecule is CCCC(C)NC(=O)CNCC1(C)CCCS1. The van der Waals surface area contributed by atoms with Gasteiger partial charge in [0.25, 0.3) is 0 Å². The summed E-state index contributed by atoms with van der Waals surface area (Å²) in [4.78, 5) is 11.6. The molecule has 4 heteroatoms. The second-order valence-electron chi connectivity index (χ2n) is 5.26. The van der Waals surface area contributed by atoms with Gasteiger partial charge in [-0.3, -0.25) is 4.79 Å². The fourth-order valence-electron chi connectivity index (χ4n) is 2.25. The van der Waals surface area contributed by atoms with Gasteiger partial charge in [-0.25, -0.2) is 0 Å². The number of nitrogens with one attached hydrogen (secondary N) is 2. The van der Waals surface area contributed by atoms with Gasteiger partial charge in [-0.2, -0.15) is 11.8 Å². The van der Waals surface area contributed by atoms with Gasteiger partial charge in [-0.1, -0.05) is 13.3 Å². The second-order valence-corrected chi connectivity index (χ2v) is 6.95. The van der Waals surface area contributed by atoms with Gasteiger partial charge in [0.15, 0.2) is 0 Å².